The smallest absolute Gasteiger partial charge is 0.355 e. The van der Waals surface area contributed by atoms with E-state index in [0.717, 1.165) is 68.0 Å². The number of aryl methyl sites for hydroxylation is 1. The highest BCUT2D eigenvalue weighted by atomic mass is 32.1. The minimum Gasteiger partial charge on any atom is -0.355 e. The second kappa shape index (κ2) is 7.98. The molecule has 0 N–H and O–H groups in total. The molecule has 6 nitrogen and oxygen atoms in total. The van der Waals surface area contributed by atoms with E-state index in [1.165, 1.54) is 11.9 Å². The number of thiophene rings is 1. The lowest BCUT2D eigenvalue weighted by Gasteiger charge is -2.51. The fraction of sp³-hybridized carbons (Fsp3) is 0.591. The van der Waals surface area contributed by atoms with Gasteiger partial charge in [-0.15, -0.1) is 11.3 Å². The molecule has 1 spiro atoms. The average molecular weight is 465 g/mol. The van der Waals surface area contributed by atoms with Gasteiger partial charge in [0, 0.05) is 61.3 Å². The summed E-state index contributed by atoms with van der Waals surface area (Å²) in [6, 6.07) is 2.02. The Morgan fingerprint density at radius 1 is 1.22 bits per heavy atom. The highest BCUT2D eigenvalue weighted by molar-refractivity contribution is 7.18. The van der Waals surface area contributed by atoms with E-state index < -0.39 is 12.6 Å². The Morgan fingerprint density at radius 2 is 2.03 bits per heavy atom. The zero-order valence-electron chi connectivity index (χ0n) is 18.3. The van der Waals surface area contributed by atoms with Gasteiger partial charge < -0.3 is 4.90 Å². The molecule has 2 aliphatic rings. The number of halogens is 3. The molecule has 1 atom stereocenters. The van der Waals surface area contributed by atoms with Gasteiger partial charge in [0.1, 0.15) is 17.0 Å². The Balaban J connectivity index is 1.30. The number of hydrogen-bond acceptors (Lipinski definition) is 6. The number of likely N-dealkylation sites (tertiary alicyclic amines) is 1. The maximum absolute atomic E-state index is 12.9. The van der Waals surface area contributed by atoms with Crippen molar-refractivity contribution in [3.63, 3.8) is 0 Å². The summed E-state index contributed by atoms with van der Waals surface area (Å²) in [5.41, 5.74) is 1.49. The summed E-state index contributed by atoms with van der Waals surface area (Å²) in [4.78, 5) is 14.4. The molecule has 0 bridgehead atoms. The predicted molar refractivity (Wildman–Crippen MR) is 119 cm³/mol. The van der Waals surface area contributed by atoms with Crippen LogP contribution in [0.2, 0.25) is 0 Å². The monoisotopic (exact) mass is 464 g/mol. The van der Waals surface area contributed by atoms with Crippen molar-refractivity contribution in [2.75, 3.05) is 31.1 Å². The van der Waals surface area contributed by atoms with Crippen LogP contribution in [0.25, 0.3) is 10.2 Å². The van der Waals surface area contributed by atoms with Gasteiger partial charge in [-0.1, -0.05) is 13.3 Å². The summed E-state index contributed by atoms with van der Waals surface area (Å²) < 4.78 is 40.4. The molecule has 0 saturated carbocycles. The number of nitrogens with zero attached hydrogens (tertiary/aromatic N) is 6. The molecule has 3 aromatic rings. The van der Waals surface area contributed by atoms with Crippen LogP contribution in [0.1, 0.15) is 42.7 Å². The number of anilines is 1. The molecule has 32 heavy (non-hydrogen) atoms. The highest BCUT2D eigenvalue weighted by Gasteiger charge is 2.50. The number of fused-ring (bicyclic) bond motifs is 1. The van der Waals surface area contributed by atoms with E-state index in [1.807, 2.05) is 17.9 Å². The lowest BCUT2D eigenvalue weighted by Crippen LogP contribution is -2.58. The van der Waals surface area contributed by atoms with Crippen molar-refractivity contribution in [2.24, 2.45) is 12.5 Å². The lowest BCUT2D eigenvalue weighted by atomic mass is 9.77. The standard InChI is InChI=1S/C22H27F3N6S/c1-3-4-18(15-9-28-29(2)10-15)31-12-21(13-31)5-6-30(11-21)19-17-7-16(8-22(23,24)25)32-20(17)27-14-26-19/h7,9-10,14,18H,3-6,8,11-13H2,1-2H3/t18-/m1/s1. The van der Waals surface area contributed by atoms with Gasteiger partial charge in [0.2, 0.25) is 0 Å². The molecule has 172 valence electrons. The van der Waals surface area contributed by atoms with Crippen LogP contribution in [-0.2, 0) is 13.5 Å². The topological polar surface area (TPSA) is 50.1 Å². The number of hydrogen-bond donors (Lipinski definition) is 0. The summed E-state index contributed by atoms with van der Waals surface area (Å²) in [6.45, 7) is 6.02. The summed E-state index contributed by atoms with van der Waals surface area (Å²) in [5.74, 6) is 0.771. The molecule has 0 unspecified atom stereocenters. The largest absolute Gasteiger partial charge is 0.393 e. The van der Waals surface area contributed by atoms with Crippen molar-refractivity contribution in [2.45, 2.75) is 44.8 Å². The highest BCUT2D eigenvalue weighted by Crippen LogP contribution is 2.46. The Bertz CT molecular complexity index is 1100. The molecule has 0 aromatic carbocycles. The van der Waals surface area contributed by atoms with Gasteiger partial charge in [-0.2, -0.15) is 18.3 Å². The SMILES string of the molecule is CCC[C@H](c1cnn(C)c1)N1CC2(CCN(c3ncnc4sc(CC(F)(F)F)cc34)C2)C1. The van der Waals surface area contributed by atoms with Crippen molar-refractivity contribution < 1.29 is 13.2 Å². The first-order valence-corrected chi connectivity index (χ1v) is 11.8. The van der Waals surface area contributed by atoms with Crippen LogP contribution in [0.4, 0.5) is 19.0 Å². The second-order valence-corrected chi connectivity index (χ2v) is 10.4. The Morgan fingerprint density at radius 3 is 2.72 bits per heavy atom. The van der Waals surface area contributed by atoms with Crippen LogP contribution in [0.15, 0.2) is 24.8 Å². The Labute approximate surface area is 189 Å². The fourth-order valence-corrected chi connectivity index (χ4v) is 6.31. The van der Waals surface area contributed by atoms with Crippen LogP contribution in [-0.4, -0.2) is 57.0 Å². The molecule has 0 amide bonds. The van der Waals surface area contributed by atoms with Gasteiger partial charge in [0.25, 0.3) is 0 Å². The minimum absolute atomic E-state index is 0.219. The zero-order valence-corrected chi connectivity index (χ0v) is 19.1. The van der Waals surface area contributed by atoms with Crippen LogP contribution < -0.4 is 4.90 Å². The number of aromatic nitrogens is 4. The van der Waals surface area contributed by atoms with Crippen molar-refractivity contribution >= 4 is 27.4 Å². The Hall–Kier alpha value is -2.20. The second-order valence-electron chi connectivity index (χ2n) is 9.25. The van der Waals surface area contributed by atoms with Gasteiger partial charge in [-0.25, -0.2) is 9.97 Å². The normalized spacial score (nSPS) is 19.7. The zero-order chi connectivity index (χ0) is 22.5. The third-order valence-electron chi connectivity index (χ3n) is 6.66. The summed E-state index contributed by atoms with van der Waals surface area (Å²) in [7, 11) is 1.95. The minimum atomic E-state index is -4.22. The van der Waals surface area contributed by atoms with Crippen LogP contribution >= 0.6 is 11.3 Å². The molecule has 5 heterocycles. The van der Waals surface area contributed by atoms with Crippen LogP contribution in [0.5, 0.6) is 0 Å². The molecule has 10 heteroatoms. The first kappa shape index (κ1) is 21.6. The maximum Gasteiger partial charge on any atom is 0.393 e. The van der Waals surface area contributed by atoms with Gasteiger partial charge in [0.05, 0.1) is 18.0 Å². The van der Waals surface area contributed by atoms with Crippen molar-refractivity contribution in [3.05, 3.63) is 35.2 Å². The van der Waals surface area contributed by atoms with Crippen molar-refractivity contribution in [1.82, 2.24) is 24.6 Å². The van der Waals surface area contributed by atoms with E-state index in [0.29, 0.717) is 10.9 Å². The maximum atomic E-state index is 12.9. The van der Waals surface area contributed by atoms with E-state index in [2.05, 4.69) is 38.0 Å². The van der Waals surface area contributed by atoms with Gasteiger partial charge in [-0.05, 0) is 18.9 Å². The number of rotatable bonds is 6. The average Bonchev–Trinajstić information content (AvgIpc) is 3.41. The third kappa shape index (κ3) is 4.10. The van der Waals surface area contributed by atoms with Gasteiger partial charge in [0.15, 0.2) is 0 Å². The quantitative estimate of drug-likeness (QED) is 0.534. The van der Waals surface area contributed by atoms with Gasteiger partial charge in [-0.3, -0.25) is 9.58 Å². The molecule has 0 aliphatic carbocycles. The molecule has 3 aromatic heterocycles. The van der Waals surface area contributed by atoms with Crippen LogP contribution in [0.3, 0.4) is 0 Å². The molecular weight excluding hydrogens is 437 g/mol. The summed E-state index contributed by atoms with van der Waals surface area (Å²) >= 11 is 1.11. The van der Waals surface area contributed by atoms with E-state index in [4.69, 9.17) is 0 Å². The summed E-state index contributed by atoms with van der Waals surface area (Å²) in [5, 5.41) is 5.09. The fourth-order valence-electron chi connectivity index (χ4n) is 5.29. The van der Waals surface area contributed by atoms with E-state index in [9.17, 15) is 13.2 Å². The third-order valence-corrected chi connectivity index (χ3v) is 7.70. The lowest BCUT2D eigenvalue weighted by molar-refractivity contribution is -0.126. The Kier molecular flexibility index (Phi) is 5.40. The molecule has 0 radical (unpaired) electrons. The molecule has 5 rings (SSSR count). The van der Waals surface area contributed by atoms with Crippen molar-refractivity contribution in [1.29, 1.82) is 0 Å². The van der Waals surface area contributed by atoms with E-state index >= 15 is 0 Å². The van der Waals surface area contributed by atoms with Crippen molar-refractivity contribution in [3.8, 4) is 0 Å². The van der Waals surface area contributed by atoms with Gasteiger partial charge >= 0.3 is 6.18 Å². The summed E-state index contributed by atoms with van der Waals surface area (Å²) in [6.07, 6.45) is 3.72. The number of alkyl halides is 3. The molecule has 2 fully saturated rings. The first-order chi connectivity index (χ1) is 15.3. The van der Waals surface area contributed by atoms with Crippen LogP contribution in [0, 0.1) is 5.41 Å². The van der Waals surface area contributed by atoms with E-state index in [1.54, 1.807) is 6.07 Å². The molecular formula is C22H27F3N6S. The first-order valence-electron chi connectivity index (χ1n) is 11.0. The molecule has 2 saturated heterocycles. The predicted octanol–water partition coefficient (Wildman–Crippen LogP) is 4.58. The van der Waals surface area contributed by atoms with E-state index in [-0.39, 0.29) is 10.3 Å². The molecule has 2 aliphatic heterocycles.